The number of halogens is 4. The number of alkyl halides is 3. The minimum atomic E-state index is -5.25. The zero-order chi connectivity index (χ0) is 25.9. The van der Waals surface area contributed by atoms with Gasteiger partial charge in [0.2, 0.25) is 5.60 Å². The highest BCUT2D eigenvalue weighted by Crippen LogP contribution is 2.33. The van der Waals surface area contributed by atoms with Crippen molar-refractivity contribution in [1.82, 2.24) is 5.32 Å². The first-order chi connectivity index (χ1) is 15.5. The number of rotatable bonds is 8. The van der Waals surface area contributed by atoms with Crippen molar-refractivity contribution in [3.63, 3.8) is 0 Å². The number of anilines is 2. The number of aliphatic hydroxyl groups is 2. The normalized spacial score (nSPS) is 14.6. The molecule has 2 rings (SSSR count). The molecule has 0 unspecified atom stereocenters. The van der Waals surface area contributed by atoms with Crippen molar-refractivity contribution in [3.05, 3.63) is 53.1 Å². The van der Waals surface area contributed by atoms with E-state index in [-0.39, 0.29) is 40.3 Å². The van der Waals surface area contributed by atoms with Crippen LogP contribution < -0.4 is 15.4 Å². The van der Waals surface area contributed by atoms with Crippen LogP contribution in [0.3, 0.4) is 0 Å². The Hall–Kier alpha value is -2.87. The molecule has 0 saturated carbocycles. The van der Waals surface area contributed by atoms with Gasteiger partial charge in [-0.2, -0.15) is 13.2 Å². The molecule has 9 nitrogen and oxygen atoms in total. The molecule has 14 heteroatoms. The van der Waals surface area contributed by atoms with Crippen molar-refractivity contribution in [1.29, 1.82) is 0 Å². The van der Waals surface area contributed by atoms with Crippen molar-refractivity contribution < 1.29 is 41.4 Å². The van der Waals surface area contributed by atoms with Gasteiger partial charge in [0.05, 0.1) is 21.7 Å². The second kappa shape index (κ2) is 10.2. The molecular formula is C20H21ClF3N3O6S. The van der Waals surface area contributed by atoms with Crippen LogP contribution in [0.5, 0.6) is 0 Å². The Morgan fingerprint density at radius 3 is 2.21 bits per heavy atom. The Labute approximate surface area is 198 Å². The van der Waals surface area contributed by atoms with E-state index in [2.05, 4.69) is 10.0 Å². The van der Waals surface area contributed by atoms with E-state index < -0.39 is 39.7 Å². The summed E-state index contributed by atoms with van der Waals surface area (Å²) >= 11 is 5.92. The lowest BCUT2D eigenvalue weighted by atomic mass is 10.1. The van der Waals surface area contributed by atoms with Gasteiger partial charge in [-0.15, -0.1) is 0 Å². The van der Waals surface area contributed by atoms with Gasteiger partial charge in [0.25, 0.3) is 21.8 Å². The molecule has 0 radical (unpaired) electrons. The first-order valence-electron chi connectivity index (χ1n) is 9.54. The molecule has 0 aliphatic heterocycles. The highest BCUT2D eigenvalue weighted by molar-refractivity contribution is 7.92. The predicted octanol–water partition coefficient (Wildman–Crippen LogP) is 2.50. The zero-order valence-electron chi connectivity index (χ0n) is 17.8. The first-order valence-corrected chi connectivity index (χ1v) is 11.4. The lowest BCUT2D eigenvalue weighted by Gasteiger charge is -2.25. The molecule has 0 aromatic heterocycles. The second-order valence-corrected chi connectivity index (χ2v) is 9.50. The summed E-state index contributed by atoms with van der Waals surface area (Å²) in [7, 11) is -4.20. The number of hydrogen-bond donors (Lipinski definition) is 5. The predicted molar refractivity (Wildman–Crippen MR) is 118 cm³/mol. The minimum absolute atomic E-state index is 0.0399. The summed E-state index contributed by atoms with van der Waals surface area (Å²) in [5.74, 6) is -2.27. The van der Waals surface area contributed by atoms with Crippen LogP contribution in [0, 0.1) is 0 Å². The van der Waals surface area contributed by atoms with Gasteiger partial charge in [0.1, 0.15) is 0 Å². The highest BCUT2D eigenvalue weighted by Gasteiger charge is 2.55. The standard InChI is InChI=1S/C20H21ClF3N3O6S/c1-11(28)10-25-17(29)12-3-5-13(6-4-12)27-34(32,33)14-7-8-16(15(21)9-14)26-18(30)19(2,31)20(22,23)24/h3-9,11,27-28,31H,10H2,1-2H3,(H,25,29)(H,26,30)/t11-,19-/m1/s1. The largest absolute Gasteiger partial charge is 0.426 e. The molecule has 0 aliphatic rings. The van der Waals surface area contributed by atoms with Crippen LogP contribution in [0.2, 0.25) is 5.02 Å². The lowest BCUT2D eigenvalue weighted by molar-refractivity contribution is -0.242. The van der Waals surface area contributed by atoms with Crippen molar-refractivity contribution in [3.8, 4) is 0 Å². The van der Waals surface area contributed by atoms with Gasteiger partial charge in [-0.3, -0.25) is 14.3 Å². The topological polar surface area (TPSA) is 145 Å². The fourth-order valence-electron chi connectivity index (χ4n) is 2.38. The van der Waals surface area contributed by atoms with Crippen molar-refractivity contribution >= 4 is 44.8 Å². The number of hydrogen-bond acceptors (Lipinski definition) is 6. The zero-order valence-corrected chi connectivity index (χ0v) is 19.3. The van der Waals surface area contributed by atoms with Crippen molar-refractivity contribution in [2.24, 2.45) is 0 Å². The van der Waals surface area contributed by atoms with E-state index in [0.717, 1.165) is 18.2 Å². The average Bonchev–Trinajstić information content (AvgIpc) is 2.72. The highest BCUT2D eigenvalue weighted by atomic mass is 35.5. The Morgan fingerprint density at radius 1 is 1.12 bits per heavy atom. The van der Waals surface area contributed by atoms with Crippen LogP contribution in [-0.2, 0) is 14.8 Å². The third kappa shape index (κ3) is 6.59. The summed E-state index contributed by atoms with van der Waals surface area (Å²) in [4.78, 5) is 23.4. The van der Waals surface area contributed by atoms with Crippen LogP contribution in [-0.4, -0.2) is 54.9 Å². The van der Waals surface area contributed by atoms with Gasteiger partial charge in [-0.05, 0) is 56.3 Å². The molecule has 0 fully saturated rings. The number of sulfonamides is 1. The average molecular weight is 524 g/mol. The summed E-state index contributed by atoms with van der Waals surface area (Å²) in [5.41, 5.74) is -3.71. The third-order valence-electron chi connectivity index (χ3n) is 4.45. The Bertz CT molecular complexity index is 1170. The fraction of sp³-hybridized carbons (Fsp3) is 0.300. The smallest absolute Gasteiger partial charge is 0.392 e. The van der Waals surface area contributed by atoms with E-state index in [1.807, 2.05) is 5.32 Å². The van der Waals surface area contributed by atoms with Crippen LogP contribution >= 0.6 is 11.6 Å². The van der Waals surface area contributed by atoms with Crippen LogP contribution in [0.1, 0.15) is 24.2 Å². The Morgan fingerprint density at radius 2 is 1.71 bits per heavy atom. The summed E-state index contributed by atoms with van der Waals surface area (Å²) in [6.07, 6.45) is -5.98. The molecule has 2 aromatic carbocycles. The number of benzene rings is 2. The van der Waals surface area contributed by atoms with Crippen molar-refractivity contribution in [2.75, 3.05) is 16.6 Å². The lowest BCUT2D eigenvalue weighted by Crippen LogP contribution is -2.52. The molecule has 0 saturated heterocycles. The molecule has 0 bridgehead atoms. The monoisotopic (exact) mass is 523 g/mol. The molecule has 0 heterocycles. The van der Waals surface area contributed by atoms with E-state index in [1.54, 1.807) is 0 Å². The first kappa shape index (κ1) is 27.4. The van der Waals surface area contributed by atoms with Crippen LogP contribution in [0.4, 0.5) is 24.5 Å². The molecule has 0 aliphatic carbocycles. The maximum absolute atomic E-state index is 12.8. The number of carbonyl (C=O) groups is 2. The van der Waals surface area contributed by atoms with E-state index in [4.69, 9.17) is 11.6 Å². The van der Waals surface area contributed by atoms with E-state index in [0.29, 0.717) is 0 Å². The summed E-state index contributed by atoms with van der Waals surface area (Å²) in [6, 6.07) is 8.22. The molecule has 186 valence electrons. The SMILES string of the molecule is C[C@@H](O)CNC(=O)c1ccc(NS(=O)(=O)c2ccc(NC(=O)[C@@](C)(O)C(F)(F)F)c(Cl)c2)cc1. The number of aliphatic hydroxyl groups excluding tert-OH is 1. The minimum Gasteiger partial charge on any atom is -0.392 e. The van der Waals surface area contributed by atoms with E-state index >= 15 is 0 Å². The summed E-state index contributed by atoms with van der Waals surface area (Å²) in [5, 5.41) is 22.5. The van der Waals surface area contributed by atoms with E-state index in [1.165, 1.54) is 31.2 Å². The van der Waals surface area contributed by atoms with Gasteiger partial charge in [0, 0.05) is 17.8 Å². The van der Waals surface area contributed by atoms with Gasteiger partial charge >= 0.3 is 6.18 Å². The molecular weight excluding hydrogens is 503 g/mol. The molecule has 2 amide bonds. The number of amides is 2. The summed E-state index contributed by atoms with van der Waals surface area (Å²) < 4.78 is 65.9. The van der Waals surface area contributed by atoms with Gasteiger partial charge in [0.15, 0.2) is 0 Å². The Kier molecular flexibility index (Phi) is 8.19. The Balaban J connectivity index is 2.15. The molecule has 5 N–H and O–H groups in total. The second-order valence-electron chi connectivity index (χ2n) is 7.41. The molecule has 2 aromatic rings. The van der Waals surface area contributed by atoms with Gasteiger partial charge in [-0.1, -0.05) is 11.6 Å². The van der Waals surface area contributed by atoms with Gasteiger partial charge < -0.3 is 20.8 Å². The molecule has 34 heavy (non-hydrogen) atoms. The third-order valence-corrected chi connectivity index (χ3v) is 6.14. The maximum atomic E-state index is 12.8. The van der Waals surface area contributed by atoms with Crippen molar-refractivity contribution in [2.45, 2.75) is 36.6 Å². The van der Waals surface area contributed by atoms with Crippen LogP contribution in [0.15, 0.2) is 47.4 Å². The summed E-state index contributed by atoms with van der Waals surface area (Å²) in [6.45, 7) is 1.80. The number of carbonyl (C=O) groups excluding carboxylic acids is 2. The quantitative estimate of drug-likeness (QED) is 0.359. The molecule has 0 spiro atoms. The van der Waals surface area contributed by atoms with Crippen LogP contribution in [0.25, 0.3) is 0 Å². The molecule has 2 atom stereocenters. The maximum Gasteiger partial charge on any atom is 0.426 e. The van der Waals surface area contributed by atoms with Gasteiger partial charge in [-0.25, -0.2) is 8.42 Å². The number of nitrogens with one attached hydrogen (secondary N) is 3. The fourth-order valence-corrected chi connectivity index (χ4v) is 3.76. The van der Waals surface area contributed by atoms with E-state index in [9.17, 15) is 41.4 Å².